The maximum atomic E-state index is 14.7. The van der Waals surface area contributed by atoms with Gasteiger partial charge in [-0.3, -0.25) is 33.6 Å². The number of hydrogen-bond donors (Lipinski definition) is 6. The normalized spacial score (nSPS) is 21.4. The second-order valence-electron chi connectivity index (χ2n) is 16.5. The van der Waals surface area contributed by atoms with E-state index in [-0.39, 0.29) is 45.1 Å². The number of nitrogens with zero attached hydrogens (tertiary/aromatic N) is 1. The number of amides is 6. The number of anilines is 1. The summed E-state index contributed by atoms with van der Waals surface area (Å²) < 4.78 is 0. The van der Waals surface area contributed by atoms with Gasteiger partial charge in [0.05, 0.1) is 5.92 Å². The summed E-state index contributed by atoms with van der Waals surface area (Å²) in [6.45, 7) is 0.289. The van der Waals surface area contributed by atoms with Crippen molar-refractivity contribution in [1.82, 2.24) is 26.2 Å². The molecule has 0 radical (unpaired) electrons. The van der Waals surface area contributed by atoms with Gasteiger partial charge < -0.3 is 36.6 Å². The van der Waals surface area contributed by atoms with E-state index in [9.17, 15) is 38.7 Å². The Morgan fingerprint density at radius 2 is 1.20 bits per heavy atom. The van der Waals surface area contributed by atoms with Crippen LogP contribution in [0.15, 0.2) is 127 Å². The van der Waals surface area contributed by atoms with Gasteiger partial charge in [-0.2, -0.15) is 0 Å². The number of carbonyl (C=O) groups is 7. The number of carboxylic acid groups (broad SMARTS) is 1. The van der Waals surface area contributed by atoms with Crippen molar-refractivity contribution >= 4 is 58.4 Å². The standard InChI is InChI=1S/C50H52N6O8S/c57-44-23-24-45(58)52-42(30-39-14-8-26-65-39)48(61)54-41(28-33-15-19-36(20-16-33)35-11-5-2-6-12-35)46(59)53-40(27-32-9-3-1-4-10-32)47(60)55-43(29-34-17-21-38(51-44)22-18-34)49(62)56-25-7-13-37(31-56)50(63)64/h1-6,8-12,14-22,26,37,40-43H,7,13,23-25,27-31H2,(H,51,57)(H,52,58)(H,53,59)(H,54,61)(H,55,60)(H,63,64)/t37-,40+,41-,42+,43+/m0/s1. The van der Waals surface area contributed by atoms with Crippen molar-refractivity contribution in [3.63, 3.8) is 0 Å². The van der Waals surface area contributed by atoms with Crippen LogP contribution in [-0.2, 0) is 59.2 Å². The van der Waals surface area contributed by atoms with Gasteiger partial charge in [0.2, 0.25) is 35.4 Å². The average Bonchev–Trinajstić information content (AvgIpc) is 3.84. The van der Waals surface area contributed by atoms with Crippen molar-refractivity contribution in [3.8, 4) is 11.1 Å². The fourth-order valence-corrected chi connectivity index (χ4v) is 8.85. The van der Waals surface area contributed by atoms with E-state index in [2.05, 4.69) is 26.6 Å². The Morgan fingerprint density at radius 1 is 0.615 bits per heavy atom. The van der Waals surface area contributed by atoms with Gasteiger partial charge in [-0.1, -0.05) is 103 Å². The quantitative estimate of drug-likeness (QED) is 0.115. The highest BCUT2D eigenvalue weighted by Gasteiger charge is 2.36. The van der Waals surface area contributed by atoms with Gasteiger partial charge in [0.1, 0.15) is 24.2 Å². The maximum Gasteiger partial charge on any atom is 0.308 e. The van der Waals surface area contributed by atoms with Gasteiger partial charge in [0.15, 0.2) is 0 Å². The second kappa shape index (κ2) is 22.0. The Kier molecular flexibility index (Phi) is 15.5. The summed E-state index contributed by atoms with van der Waals surface area (Å²) in [7, 11) is 0. The third-order valence-corrected chi connectivity index (χ3v) is 12.5. The van der Waals surface area contributed by atoms with E-state index >= 15 is 0 Å². The SMILES string of the molecule is O=C1CCC(=O)N[C@H](Cc2cccs2)C(=O)N[C@@H](Cc2ccc(-c3ccccc3)cc2)C(=O)N[C@H](Cc2ccccc2)C(=O)N[C@@H](C(=O)N2CCC[C@H](C(=O)O)C2)Cc2ccc(cc2)N1. The van der Waals surface area contributed by atoms with Crippen LogP contribution in [0.2, 0.25) is 0 Å². The summed E-state index contributed by atoms with van der Waals surface area (Å²) in [5, 5.41) is 25.9. The molecule has 1 saturated heterocycles. The molecule has 1 aromatic heterocycles. The number of hydrogen-bond acceptors (Lipinski definition) is 8. The molecule has 0 aliphatic carbocycles. The first kappa shape index (κ1) is 45.9. The zero-order chi connectivity index (χ0) is 45.7. The molecule has 0 unspecified atom stereocenters. The molecule has 3 aliphatic heterocycles. The number of rotatable bonds is 9. The van der Waals surface area contributed by atoms with Gasteiger partial charge >= 0.3 is 5.97 Å². The number of nitrogens with one attached hydrogen (secondary N) is 5. The fraction of sp³-hybridized carbons (Fsp3) is 0.300. The van der Waals surface area contributed by atoms with Crippen molar-refractivity contribution in [2.45, 2.75) is 75.5 Å². The third kappa shape index (κ3) is 13.0. The minimum absolute atomic E-state index is 0.0164. The van der Waals surface area contributed by atoms with Gasteiger partial charge in [-0.15, -0.1) is 11.3 Å². The number of aliphatic carboxylic acids is 1. The lowest BCUT2D eigenvalue weighted by Crippen LogP contribution is -2.60. The molecule has 1 fully saturated rings. The lowest BCUT2D eigenvalue weighted by molar-refractivity contribution is -0.147. The summed E-state index contributed by atoms with van der Waals surface area (Å²) in [5.74, 6) is -5.18. The molecule has 5 atom stereocenters. The van der Waals surface area contributed by atoms with Crippen molar-refractivity contribution in [1.29, 1.82) is 0 Å². The van der Waals surface area contributed by atoms with Crippen molar-refractivity contribution in [3.05, 3.63) is 148 Å². The topological polar surface area (TPSA) is 203 Å². The third-order valence-electron chi connectivity index (χ3n) is 11.6. The predicted molar refractivity (Wildman–Crippen MR) is 246 cm³/mol. The largest absolute Gasteiger partial charge is 0.481 e. The van der Waals surface area contributed by atoms with E-state index in [0.717, 1.165) is 21.6 Å². The molecule has 6 N–H and O–H groups in total. The number of fused-ring (bicyclic) bond motifs is 18. The van der Waals surface area contributed by atoms with E-state index in [4.69, 9.17) is 0 Å². The van der Waals surface area contributed by atoms with Crippen LogP contribution in [0.5, 0.6) is 0 Å². The molecule has 4 heterocycles. The average molecular weight is 897 g/mol. The molecule has 0 saturated carbocycles. The molecular weight excluding hydrogens is 845 g/mol. The number of thiophene rings is 1. The van der Waals surface area contributed by atoms with Crippen molar-refractivity contribution in [2.24, 2.45) is 5.92 Å². The van der Waals surface area contributed by atoms with Gasteiger partial charge in [-0.05, 0) is 64.2 Å². The Bertz CT molecular complexity index is 2450. The van der Waals surface area contributed by atoms with E-state index in [0.29, 0.717) is 36.2 Å². The first-order chi connectivity index (χ1) is 31.5. The van der Waals surface area contributed by atoms with Crippen molar-refractivity contribution in [2.75, 3.05) is 18.4 Å². The summed E-state index contributed by atoms with van der Waals surface area (Å²) in [6.07, 6.45) is 0.682. The van der Waals surface area contributed by atoms with Gasteiger partial charge in [0, 0.05) is 62.2 Å². The first-order valence-corrected chi connectivity index (χ1v) is 22.7. The molecule has 14 nitrogen and oxygen atoms in total. The molecule has 6 amide bonds. The molecule has 3 aliphatic rings. The molecule has 336 valence electrons. The summed E-state index contributed by atoms with van der Waals surface area (Å²) in [6, 6.07) is 32.0. The Balaban J connectivity index is 1.24. The summed E-state index contributed by atoms with van der Waals surface area (Å²) in [4.78, 5) is 98.7. The Labute approximate surface area is 381 Å². The van der Waals surface area contributed by atoms with E-state index in [1.807, 2.05) is 90.3 Å². The van der Waals surface area contributed by atoms with Gasteiger partial charge in [-0.25, -0.2) is 0 Å². The van der Waals surface area contributed by atoms with Crippen molar-refractivity contribution < 1.29 is 38.7 Å². The van der Waals surface area contributed by atoms with Crippen LogP contribution < -0.4 is 26.6 Å². The smallest absolute Gasteiger partial charge is 0.308 e. The monoisotopic (exact) mass is 896 g/mol. The fourth-order valence-electron chi connectivity index (χ4n) is 8.10. The highest BCUT2D eigenvalue weighted by Crippen LogP contribution is 2.22. The van der Waals surface area contributed by atoms with Crippen LogP contribution in [0.1, 0.15) is 47.3 Å². The van der Waals surface area contributed by atoms with E-state index in [1.54, 1.807) is 36.4 Å². The summed E-state index contributed by atoms with van der Waals surface area (Å²) in [5.41, 5.74) is 4.46. The Morgan fingerprint density at radius 3 is 1.83 bits per heavy atom. The van der Waals surface area contributed by atoms with Crippen LogP contribution in [0, 0.1) is 5.92 Å². The van der Waals surface area contributed by atoms with Crippen LogP contribution in [0.25, 0.3) is 11.1 Å². The number of likely N-dealkylation sites (tertiary alicyclic amines) is 1. The molecule has 0 spiro atoms. The zero-order valence-electron chi connectivity index (χ0n) is 35.7. The lowest BCUT2D eigenvalue weighted by Gasteiger charge is -2.34. The number of benzene rings is 4. The first-order valence-electron chi connectivity index (χ1n) is 21.8. The molecule has 15 heteroatoms. The molecule has 8 rings (SSSR count). The summed E-state index contributed by atoms with van der Waals surface area (Å²) >= 11 is 1.40. The number of piperidine rings is 1. The number of carbonyl (C=O) groups excluding carboxylic acids is 6. The van der Waals surface area contributed by atoms with E-state index < -0.39 is 71.5 Å². The predicted octanol–water partition coefficient (Wildman–Crippen LogP) is 4.68. The highest BCUT2D eigenvalue weighted by atomic mass is 32.1. The second-order valence-corrected chi connectivity index (χ2v) is 17.5. The van der Waals surface area contributed by atoms with Crippen LogP contribution in [0.4, 0.5) is 5.69 Å². The molecule has 4 aromatic carbocycles. The van der Waals surface area contributed by atoms with Crippen LogP contribution in [-0.4, -0.2) is 88.7 Å². The molecule has 65 heavy (non-hydrogen) atoms. The Hall–Kier alpha value is -7.13. The highest BCUT2D eigenvalue weighted by molar-refractivity contribution is 7.09. The molecule has 5 aromatic rings. The van der Waals surface area contributed by atoms with Gasteiger partial charge in [0.25, 0.3) is 0 Å². The van der Waals surface area contributed by atoms with Crippen LogP contribution in [0.3, 0.4) is 0 Å². The molecule has 2 bridgehead atoms. The number of carboxylic acids is 1. The van der Waals surface area contributed by atoms with Crippen LogP contribution >= 0.6 is 11.3 Å². The minimum Gasteiger partial charge on any atom is -0.481 e. The van der Waals surface area contributed by atoms with E-state index in [1.165, 1.54) is 16.2 Å². The maximum absolute atomic E-state index is 14.7. The lowest BCUT2D eigenvalue weighted by atomic mass is 9.96. The molecular formula is C50H52N6O8S. The minimum atomic E-state index is -1.24. The zero-order valence-corrected chi connectivity index (χ0v) is 36.6.